The number of nitrogens with one attached hydrogen (secondary N) is 1. The van der Waals surface area contributed by atoms with Gasteiger partial charge in [0.15, 0.2) is 11.0 Å². The minimum absolute atomic E-state index is 0.131. The predicted molar refractivity (Wildman–Crippen MR) is 59.1 cm³/mol. The van der Waals surface area contributed by atoms with Crippen LogP contribution in [0.1, 0.15) is 42.6 Å². The number of nitrogens with zero attached hydrogens (tertiary/aromatic N) is 3. The summed E-state index contributed by atoms with van der Waals surface area (Å²) < 4.78 is 5.25. The van der Waals surface area contributed by atoms with Crippen LogP contribution in [-0.4, -0.2) is 20.1 Å². The molecule has 1 atom stereocenters. The summed E-state index contributed by atoms with van der Waals surface area (Å²) in [6, 6.07) is 0. The van der Waals surface area contributed by atoms with Crippen LogP contribution in [0.4, 0.5) is 0 Å². The van der Waals surface area contributed by atoms with E-state index in [4.69, 9.17) is 4.52 Å². The fraction of sp³-hybridized carbons (Fsp3) is 0.500. The fourth-order valence-electron chi connectivity index (χ4n) is 1.45. The molecular formula is C10H12N4OS. The second kappa shape index (κ2) is 3.93. The summed E-state index contributed by atoms with van der Waals surface area (Å²) in [5, 5.41) is 5.00. The molecular weight excluding hydrogens is 224 g/mol. The van der Waals surface area contributed by atoms with Crippen molar-refractivity contribution in [1.82, 2.24) is 20.1 Å². The summed E-state index contributed by atoms with van der Waals surface area (Å²) in [7, 11) is 0. The molecule has 0 saturated heterocycles. The third-order valence-electron chi connectivity index (χ3n) is 2.51. The summed E-state index contributed by atoms with van der Waals surface area (Å²) in [5.41, 5.74) is 0. The Kier molecular flexibility index (Phi) is 2.43. The zero-order chi connectivity index (χ0) is 11.0. The van der Waals surface area contributed by atoms with Crippen molar-refractivity contribution in [3.63, 3.8) is 0 Å². The molecule has 0 aromatic carbocycles. The lowest BCUT2D eigenvalue weighted by molar-refractivity contribution is 0.375. The van der Waals surface area contributed by atoms with Gasteiger partial charge in [0.25, 0.3) is 0 Å². The average molecular weight is 236 g/mol. The van der Waals surface area contributed by atoms with Crippen molar-refractivity contribution in [2.45, 2.75) is 36.1 Å². The first kappa shape index (κ1) is 9.89. The van der Waals surface area contributed by atoms with E-state index in [0.29, 0.717) is 11.8 Å². The van der Waals surface area contributed by atoms with Crippen LogP contribution < -0.4 is 0 Å². The minimum Gasteiger partial charge on any atom is -0.340 e. The molecule has 1 N–H and O–H groups in total. The summed E-state index contributed by atoms with van der Waals surface area (Å²) >= 11 is 1.59. The van der Waals surface area contributed by atoms with Crippen LogP contribution in [0.15, 0.2) is 22.1 Å². The van der Waals surface area contributed by atoms with Gasteiger partial charge in [-0.25, -0.2) is 4.98 Å². The van der Waals surface area contributed by atoms with E-state index in [1.54, 1.807) is 24.2 Å². The lowest BCUT2D eigenvalue weighted by Gasteiger charge is -2.01. The van der Waals surface area contributed by atoms with Gasteiger partial charge in [-0.2, -0.15) is 4.98 Å². The van der Waals surface area contributed by atoms with Crippen molar-refractivity contribution < 1.29 is 4.52 Å². The predicted octanol–water partition coefficient (Wildman–Crippen LogP) is 2.52. The van der Waals surface area contributed by atoms with Gasteiger partial charge in [0.05, 0.1) is 5.25 Å². The van der Waals surface area contributed by atoms with Crippen molar-refractivity contribution in [3.8, 4) is 0 Å². The molecule has 16 heavy (non-hydrogen) atoms. The highest BCUT2D eigenvalue weighted by atomic mass is 32.2. The van der Waals surface area contributed by atoms with Crippen molar-refractivity contribution in [3.05, 3.63) is 24.1 Å². The van der Waals surface area contributed by atoms with E-state index in [1.165, 1.54) is 12.8 Å². The normalized spacial score (nSPS) is 17.6. The molecule has 1 aliphatic rings. The van der Waals surface area contributed by atoms with Crippen LogP contribution in [0.5, 0.6) is 0 Å². The van der Waals surface area contributed by atoms with E-state index < -0.39 is 0 Å². The van der Waals surface area contributed by atoms with E-state index in [-0.39, 0.29) is 5.25 Å². The molecule has 2 heterocycles. The van der Waals surface area contributed by atoms with Crippen LogP contribution >= 0.6 is 11.8 Å². The van der Waals surface area contributed by atoms with Gasteiger partial charge < -0.3 is 9.51 Å². The van der Waals surface area contributed by atoms with E-state index in [9.17, 15) is 0 Å². The molecule has 0 radical (unpaired) electrons. The smallest absolute Gasteiger partial charge is 0.239 e. The first-order valence-corrected chi connectivity index (χ1v) is 6.20. The molecule has 0 amide bonds. The molecule has 0 aliphatic heterocycles. The van der Waals surface area contributed by atoms with E-state index in [2.05, 4.69) is 20.1 Å². The third-order valence-corrected chi connectivity index (χ3v) is 3.51. The van der Waals surface area contributed by atoms with Crippen molar-refractivity contribution in [1.29, 1.82) is 0 Å². The average Bonchev–Trinajstić information content (AvgIpc) is 2.82. The van der Waals surface area contributed by atoms with E-state index in [1.807, 2.05) is 6.92 Å². The number of H-pyrrole nitrogens is 1. The largest absolute Gasteiger partial charge is 0.340 e. The fourth-order valence-corrected chi connectivity index (χ4v) is 2.24. The maximum Gasteiger partial charge on any atom is 0.239 e. The number of hydrogen-bond donors (Lipinski definition) is 1. The van der Waals surface area contributed by atoms with Crippen molar-refractivity contribution in [2.24, 2.45) is 0 Å². The maximum atomic E-state index is 5.25. The van der Waals surface area contributed by atoms with Gasteiger partial charge in [-0.3, -0.25) is 0 Å². The molecule has 2 aromatic rings. The van der Waals surface area contributed by atoms with Crippen molar-refractivity contribution >= 4 is 11.8 Å². The van der Waals surface area contributed by atoms with Gasteiger partial charge in [-0.1, -0.05) is 16.9 Å². The van der Waals surface area contributed by atoms with E-state index in [0.717, 1.165) is 11.0 Å². The summed E-state index contributed by atoms with van der Waals surface area (Å²) in [5.74, 6) is 2.09. The summed E-state index contributed by atoms with van der Waals surface area (Å²) in [6.07, 6.45) is 5.92. The molecule has 0 spiro atoms. The second-order valence-corrected chi connectivity index (χ2v) is 5.25. The molecule has 1 fully saturated rings. The Labute approximate surface area is 97.0 Å². The monoisotopic (exact) mass is 236 g/mol. The first-order valence-electron chi connectivity index (χ1n) is 5.32. The van der Waals surface area contributed by atoms with Crippen LogP contribution in [0.2, 0.25) is 0 Å². The zero-order valence-electron chi connectivity index (χ0n) is 8.88. The van der Waals surface area contributed by atoms with Gasteiger partial charge in [0, 0.05) is 18.3 Å². The van der Waals surface area contributed by atoms with Crippen LogP contribution in [-0.2, 0) is 0 Å². The Hall–Kier alpha value is -1.30. The highest BCUT2D eigenvalue weighted by Gasteiger charge is 2.29. The number of thioether (sulfide) groups is 1. The van der Waals surface area contributed by atoms with Crippen LogP contribution in [0.3, 0.4) is 0 Å². The first-order chi connectivity index (χ1) is 7.83. The lowest BCUT2D eigenvalue weighted by Crippen LogP contribution is -1.90. The number of aromatic nitrogens is 4. The Morgan fingerprint density at radius 2 is 2.44 bits per heavy atom. The topological polar surface area (TPSA) is 67.6 Å². The molecule has 1 aliphatic carbocycles. The van der Waals surface area contributed by atoms with Gasteiger partial charge in [0.1, 0.15) is 0 Å². The van der Waals surface area contributed by atoms with Crippen molar-refractivity contribution in [2.75, 3.05) is 0 Å². The van der Waals surface area contributed by atoms with Gasteiger partial charge in [0.2, 0.25) is 5.89 Å². The van der Waals surface area contributed by atoms with Gasteiger partial charge in [-0.05, 0) is 19.8 Å². The van der Waals surface area contributed by atoms with Gasteiger partial charge in [-0.15, -0.1) is 0 Å². The Bertz CT molecular complexity index is 463. The molecule has 0 bridgehead atoms. The van der Waals surface area contributed by atoms with Crippen LogP contribution in [0.25, 0.3) is 0 Å². The second-order valence-electron chi connectivity index (χ2n) is 3.92. The number of rotatable bonds is 4. The lowest BCUT2D eigenvalue weighted by atomic mass is 10.4. The molecule has 6 heteroatoms. The molecule has 2 aromatic heterocycles. The third kappa shape index (κ3) is 1.97. The Morgan fingerprint density at radius 3 is 3.12 bits per heavy atom. The summed E-state index contributed by atoms with van der Waals surface area (Å²) in [4.78, 5) is 11.6. The molecule has 84 valence electrons. The number of aromatic amines is 1. The standard InChI is InChI=1S/C10H12N4OS/c1-6(16-10-11-4-5-12-10)9-13-8(14-15-9)7-2-3-7/h4-7H,2-3H2,1H3,(H,11,12)/t6-/m0/s1. The molecule has 0 unspecified atom stereocenters. The molecule has 5 nitrogen and oxygen atoms in total. The van der Waals surface area contributed by atoms with Gasteiger partial charge >= 0.3 is 0 Å². The number of hydrogen-bond acceptors (Lipinski definition) is 5. The molecule has 1 saturated carbocycles. The van der Waals surface area contributed by atoms with Crippen LogP contribution in [0, 0.1) is 0 Å². The number of imidazole rings is 1. The van der Waals surface area contributed by atoms with E-state index >= 15 is 0 Å². The minimum atomic E-state index is 0.131. The zero-order valence-corrected chi connectivity index (χ0v) is 9.70. The Balaban J connectivity index is 1.70. The maximum absolute atomic E-state index is 5.25. The molecule has 3 rings (SSSR count). The highest BCUT2D eigenvalue weighted by Crippen LogP contribution is 2.39. The highest BCUT2D eigenvalue weighted by molar-refractivity contribution is 7.99. The SMILES string of the molecule is C[C@H](Sc1ncc[nH]1)c1nc(C2CC2)no1. The quantitative estimate of drug-likeness (QED) is 0.826. The Morgan fingerprint density at radius 1 is 1.56 bits per heavy atom. The summed E-state index contributed by atoms with van der Waals surface area (Å²) in [6.45, 7) is 2.04.